The van der Waals surface area contributed by atoms with Crippen LogP contribution < -0.4 is 15.7 Å². The van der Waals surface area contributed by atoms with Crippen LogP contribution in [0.15, 0.2) is 57.7 Å². The Labute approximate surface area is 178 Å². The van der Waals surface area contributed by atoms with Gasteiger partial charge in [0, 0.05) is 17.1 Å². The Morgan fingerprint density at radius 1 is 1.19 bits per heavy atom. The Balaban J connectivity index is 1.31. The van der Waals surface area contributed by atoms with Gasteiger partial charge in [0.15, 0.2) is 0 Å². The fraction of sp³-hybridized carbons (Fsp3) is 0.304. The molecule has 2 atom stereocenters. The summed E-state index contributed by atoms with van der Waals surface area (Å²) in [5, 5.41) is 13.3. The van der Waals surface area contributed by atoms with Crippen molar-refractivity contribution in [3.8, 4) is 5.75 Å². The minimum absolute atomic E-state index is 0.0795. The van der Waals surface area contributed by atoms with Gasteiger partial charge in [0.2, 0.25) is 6.29 Å². The molecular formula is C23H23NO7. The number of rotatable bonds is 5. The third kappa shape index (κ3) is 5.22. The second-order valence-corrected chi connectivity index (χ2v) is 7.37. The van der Waals surface area contributed by atoms with Crippen molar-refractivity contribution in [2.75, 3.05) is 11.9 Å². The molecule has 1 aromatic heterocycles. The van der Waals surface area contributed by atoms with Gasteiger partial charge in [-0.25, -0.2) is 9.59 Å². The summed E-state index contributed by atoms with van der Waals surface area (Å²) >= 11 is 0. The zero-order valence-electron chi connectivity index (χ0n) is 17.0. The zero-order chi connectivity index (χ0) is 21.8. The summed E-state index contributed by atoms with van der Waals surface area (Å²) in [5.41, 5.74) is 2.12. The molecule has 1 amide bonds. The number of amides is 1. The fourth-order valence-corrected chi connectivity index (χ4v) is 3.35. The molecule has 0 spiro atoms. The lowest BCUT2D eigenvalue weighted by atomic mass is 10.1. The Kier molecular flexibility index (Phi) is 6.20. The van der Waals surface area contributed by atoms with Crippen LogP contribution in [0.4, 0.5) is 10.5 Å². The summed E-state index contributed by atoms with van der Waals surface area (Å²) in [5.74, 6) is 0.567. The van der Waals surface area contributed by atoms with Gasteiger partial charge in [-0.1, -0.05) is 12.1 Å². The number of hydrogen-bond donors (Lipinski definition) is 2. The van der Waals surface area contributed by atoms with Crippen molar-refractivity contribution in [3.63, 3.8) is 0 Å². The fourth-order valence-electron chi connectivity index (χ4n) is 3.35. The molecule has 1 fully saturated rings. The summed E-state index contributed by atoms with van der Waals surface area (Å²) in [4.78, 5) is 23.6. The average molecular weight is 425 g/mol. The number of carbonyl (C=O) groups is 1. The average Bonchev–Trinajstić information content (AvgIpc) is 2.75. The maximum Gasteiger partial charge on any atom is 0.411 e. The first-order valence-corrected chi connectivity index (χ1v) is 10.0. The van der Waals surface area contributed by atoms with E-state index in [1.54, 1.807) is 49.4 Å². The number of nitrogens with one attached hydrogen (secondary N) is 1. The smallest absolute Gasteiger partial charge is 0.411 e. The number of fused-ring (bicyclic) bond motifs is 1. The largest absolute Gasteiger partial charge is 0.462 e. The highest BCUT2D eigenvalue weighted by molar-refractivity contribution is 5.90. The lowest BCUT2D eigenvalue weighted by Crippen LogP contribution is -2.38. The van der Waals surface area contributed by atoms with Gasteiger partial charge in [0.1, 0.15) is 24.0 Å². The number of hydrogen-bond acceptors (Lipinski definition) is 7. The van der Waals surface area contributed by atoms with E-state index in [4.69, 9.17) is 18.6 Å². The van der Waals surface area contributed by atoms with Crippen molar-refractivity contribution in [1.29, 1.82) is 0 Å². The zero-order valence-corrected chi connectivity index (χ0v) is 17.0. The van der Waals surface area contributed by atoms with E-state index in [-0.39, 0.29) is 6.61 Å². The predicted molar refractivity (Wildman–Crippen MR) is 113 cm³/mol. The molecule has 162 valence electrons. The SMILES string of the molecule is Cc1cc(=O)oc2ccc(NC(=O)OCc3ccc(O[C@@H]4OCCC[C@@H]4O)cc3)cc12. The maximum atomic E-state index is 12.2. The molecule has 2 N–H and O–H groups in total. The van der Waals surface area contributed by atoms with Gasteiger partial charge < -0.3 is 23.7 Å². The highest BCUT2D eigenvalue weighted by Gasteiger charge is 2.25. The number of anilines is 1. The molecule has 2 aromatic carbocycles. The highest BCUT2D eigenvalue weighted by atomic mass is 16.7. The van der Waals surface area contributed by atoms with E-state index < -0.39 is 24.1 Å². The molecule has 2 heterocycles. The van der Waals surface area contributed by atoms with E-state index in [9.17, 15) is 14.7 Å². The Hall–Kier alpha value is -3.36. The molecule has 3 aromatic rings. The molecule has 1 saturated heterocycles. The van der Waals surface area contributed by atoms with E-state index in [2.05, 4.69) is 5.32 Å². The molecule has 0 radical (unpaired) electrons. The van der Waals surface area contributed by atoms with Crippen molar-refractivity contribution in [1.82, 2.24) is 0 Å². The molecule has 0 saturated carbocycles. The van der Waals surface area contributed by atoms with Crippen LogP contribution in [0.1, 0.15) is 24.0 Å². The van der Waals surface area contributed by atoms with Gasteiger partial charge in [-0.05, 0) is 61.2 Å². The number of benzene rings is 2. The molecular weight excluding hydrogens is 402 g/mol. The van der Waals surface area contributed by atoms with E-state index in [1.165, 1.54) is 6.07 Å². The van der Waals surface area contributed by atoms with Crippen molar-refractivity contribution < 1.29 is 28.5 Å². The van der Waals surface area contributed by atoms with Gasteiger partial charge in [0.05, 0.1) is 6.61 Å². The van der Waals surface area contributed by atoms with Gasteiger partial charge in [-0.3, -0.25) is 5.32 Å². The third-order valence-electron chi connectivity index (χ3n) is 4.98. The van der Waals surface area contributed by atoms with E-state index in [0.717, 1.165) is 22.9 Å². The van der Waals surface area contributed by atoms with E-state index >= 15 is 0 Å². The van der Waals surface area contributed by atoms with Crippen LogP contribution in [0.3, 0.4) is 0 Å². The Morgan fingerprint density at radius 2 is 2.00 bits per heavy atom. The van der Waals surface area contributed by atoms with Crippen LogP contribution in [0, 0.1) is 6.92 Å². The van der Waals surface area contributed by atoms with Gasteiger partial charge >= 0.3 is 11.7 Å². The van der Waals surface area contributed by atoms with Crippen molar-refractivity contribution in [3.05, 3.63) is 70.1 Å². The van der Waals surface area contributed by atoms with Gasteiger partial charge in [-0.2, -0.15) is 0 Å². The van der Waals surface area contributed by atoms with E-state index in [1.807, 2.05) is 0 Å². The third-order valence-corrected chi connectivity index (χ3v) is 4.98. The first-order valence-electron chi connectivity index (χ1n) is 10.0. The van der Waals surface area contributed by atoms with Crippen LogP contribution in [-0.4, -0.2) is 30.2 Å². The number of ether oxygens (including phenoxy) is 3. The summed E-state index contributed by atoms with van der Waals surface area (Å²) in [6.07, 6.45) is -0.449. The second kappa shape index (κ2) is 9.20. The molecule has 8 nitrogen and oxygen atoms in total. The standard InChI is InChI=1S/C23H23NO7/c1-14-11-21(26)31-20-9-6-16(12-18(14)20)24-23(27)29-13-15-4-7-17(8-5-15)30-22-19(25)3-2-10-28-22/h4-9,11-12,19,22,25H,2-3,10,13H2,1H3,(H,24,27)/t19-,22-/m0/s1. The van der Waals surface area contributed by atoms with Crippen LogP contribution in [-0.2, 0) is 16.1 Å². The monoisotopic (exact) mass is 425 g/mol. The molecule has 1 aliphatic rings. The molecule has 31 heavy (non-hydrogen) atoms. The number of aliphatic hydroxyl groups is 1. The number of carbonyl (C=O) groups excluding carboxylic acids is 1. The van der Waals surface area contributed by atoms with E-state index in [0.29, 0.717) is 30.0 Å². The Morgan fingerprint density at radius 3 is 2.77 bits per heavy atom. The van der Waals surface area contributed by atoms with Gasteiger partial charge in [0.25, 0.3) is 0 Å². The summed E-state index contributed by atoms with van der Waals surface area (Å²) in [7, 11) is 0. The predicted octanol–water partition coefficient (Wildman–Crippen LogP) is 3.73. The van der Waals surface area contributed by atoms with Crippen LogP contribution in [0.25, 0.3) is 11.0 Å². The molecule has 8 heteroatoms. The number of aryl methyl sites for hydroxylation is 1. The summed E-state index contributed by atoms with van der Waals surface area (Å²) < 4.78 is 21.5. The lowest BCUT2D eigenvalue weighted by molar-refractivity contribution is -0.170. The normalized spacial score (nSPS) is 18.5. The molecule has 1 aliphatic heterocycles. The van der Waals surface area contributed by atoms with Crippen molar-refractivity contribution in [2.24, 2.45) is 0 Å². The molecule has 0 bridgehead atoms. The summed E-state index contributed by atoms with van der Waals surface area (Å²) in [6.45, 7) is 2.44. The van der Waals surface area contributed by atoms with Crippen LogP contribution in [0.5, 0.6) is 5.75 Å². The first-order chi connectivity index (χ1) is 15.0. The highest BCUT2D eigenvalue weighted by Crippen LogP contribution is 2.22. The minimum Gasteiger partial charge on any atom is -0.462 e. The summed E-state index contributed by atoms with van der Waals surface area (Å²) in [6, 6.07) is 13.4. The Bertz CT molecular complexity index is 1120. The first kappa shape index (κ1) is 20.9. The van der Waals surface area contributed by atoms with Crippen molar-refractivity contribution in [2.45, 2.75) is 38.8 Å². The minimum atomic E-state index is -0.666. The molecule has 4 rings (SSSR count). The van der Waals surface area contributed by atoms with Crippen LogP contribution in [0.2, 0.25) is 0 Å². The molecule has 0 unspecified atom stereocenters. The number of aliphatic hydroxyl groups excluding tert-OH is 1. The van der Waals surface area contributed by atoms with Crippen LogP contribution >= 0.6 is 0 Å². The van der Waals surface area contributed by atoms with Crippen molar-refractivity contribution >= 4 is 22.7 Å². The van der Waals surface area contributed by atoms with Gasteiger partial charge in [-0.15, -0.1) is 0 Å². The topological polar surface area (TPSA) is 107 Å². The second-order valence-electron chi connectivity index (χ2n) is 7.37. The lowest BCUT2D eigenvalue weighted by Gasteiger charge is -2.28. The quantitative estimate of drug-likeness (QED) is 0.600. The maximum absolute atomic E-state index is 12.2. The molecule has 0 aliphatic carbocycles.